The molecule has 0 amide bonds. The molecule has 0 bridgehead atoms. The average Bonchev–Trinajstić information content (AvgIpc) is 3.13. The van der Waals surface area contributed by atoms with E-state index in [1.54, 1.807) is 0 Å². The Bertz CT molecular complexity index is 1410. The molecule has 0 aromatic heterocycles. The third-order valence-corrected chi connectivity index (χ3v) is 24.7. The lowest BCUT2D eigenvalue weighted by Gasteiger charge is -2.29. The van der Waals surface area contributed by atoms with Crippen molar-refractivity contribution in [2.75, 3.05) is 37.0 Å². The Labute approximate surface area is 348 Å². The second-order valence-corrected chi connectivity index (χ2v) is 30.4. The first-order valence-electron chi connectivity index (χ1n) is 22.1. The predicted octanol–water partition coefficient (Wildman–Crippen LogP) is 9.25. The second-order valence-electron chi connectivity index (χ2n) is 18.3. The Morgan fingerprint density at radius 2 is 0.544 bits per heavy atom. The van der Waals surface area contributed by atoms with Crippen LogP contribution < -0.4 is 0 Å². The molecule has 18 heteroatoms. The Hall–Kier alpha value is 0.500. The predicted molar refractivity (Wildman–Crippen MR) is 234 cm³/mol. The summed E-state index contributed by atoms with van der Waals surface area (Å²) in [6.45, 7) is 0. The van der Waals surface area contributed by atoms with E-state index in [4.69, 9.17) is 0 Å². The van der Waals surface area contributed by atoms with Crippen molar-refractivity contribution < 1.29 is 51.9 Å². The first kappa shape index (κ1) is 50.1. The number of hydrogen-bond donors (Lipinski definition) is 4. The van der Waals surface area contributed by atoms with Crippen molar-refractivity contribution in [2.24, 2.45) is 23.7 Å². The molecular weight excluding hydrogens is 851 g/mol. The molecule has 4 N–H and O–H groups in total. The molecule has 8 unspecified atom stereocenters. The molecule has 4 fully saturated rings. The van der Waals surface area contributed by atoms with Crippen LogP contribution in [0.5, 0.6) is 0 Å². The summed E-state index contributed by atoms with van der Waals surface area (Å²) in [5, 5.41) is -2.60. The van der Waals surface area contributed by atoms with E-state index >= 15 is 0 Å². The topological polar surface area (TPSA) is 217 Å². The van der Waals surface area contributed by atoms with Gasteiger partial charge < -0.3 is 0 Å². The highest BCUT2D eigenvalue weighted by Gasteiger charge is 2.33. The van der Waals surface area contributed by atoms with Crippen molar-refractivity contribution in [1.82, 2.24) is 0 Å². The third-order valence-electron chi connectivity index (χ3n) is 13.9. The van der Waals surface area contributed by atoms with Gasteiger partial charge in [0.15, 0.2) is 0 Å². The average molecular weight is 925 g/mol. The molecule has 0 saturated heterocycles. The summed E-state index contributed by atoms with van der Waals surface area (Å²) in [6, 6.07) is 0. The first-order valence-corrected chi connectivity index (χ1v) is 31.9. The molecule has 4 aliphatic carbocycles. The van der Waals surface area contributed by atoms with Crippen LogP contribution in [0.3, 0.4) is 0 Å². The van der Waals surface area contributed by atoms with Crippen LogP contribution in [0.1, 0.15) is 161 Å². The van der Waals surface area contributed by atoms with Crippen LogP contribution in [0.15, 0.2) is 0 Å². The number of rotatable bonds is 24. The van der Waals surface area contributed by atoms with Crippen LogP contribution in [0, 0.1) is 23.7 Å². The van der Waals surface area contributed by atoms with Gasteiger partial charge in [-0.1, -0.05) is 77.0 Å². The summed E-state index contributed by atoms with van der Waals surface area (Å²) in [4.78, 5) is 0. The molecule has 4 saturated carbocycles. The van der Waals surface area contributed by atoms with Crippen molar-refractivity contribution >= 4 is 56.3 Å². The van der Waals surface area contributed by atoms with Gasteiger partial charge >= 0.3 is 0 Å². The lowest BCUT2D eigenvalue weighted by molar-refractivity contribution is 0.323. The van der Waals surface area contributed by atoms with Crippen molar-refractivity contribution in [3.8, 4) is 0 Å². The van der Waals surface area contributed by atoms with Gasteiger partial charge in [0, 0.05) is 0 Å². The Kier molecular flexibility index (Phi) is 20.9. The molecule has 12 nitrogen and oxygen atoms in total. The van der Waals surface area contributed by atoms with Gasteiger partial charge in [-0.25, -0.2) is 0 Å². The normalized spacial score (nSPS) is 30.8. The van der Waals surface area contributed by atoms with Crippen LogP contribution in [0.25, 0.3) is 0 Å². The highest BCUT2D eigenvalue weighted by molar-refractivity contribution is 7.87. The standard InChI is InChI=1S/C39H74O12P2S4/c40-54(41,42)36-18-1-10-32(28-36)14-5-22-52(23-6-15-33-11-2-19-37(29-33)55(43,44)45)26-9-27-53(24-7-16-34-12-3-20-38(30-34)56(46,47)48)25-8-17-35-13-4-21-39(31-35)57(49,50)51/h32-39H,1-31H2,(H,40,41,42)(H,43,44,45)(H,46,47,48)(H,49,50,51). The van der Waals surface area contributed by atoms with E-state index < -0.39 is 61.5 Å². The van der Waals surface area contributed by atoms with Gasteiger partial charge in [0.1, 0.15) is 0 Å². The third kappa shape index (κ3) is 18.8. The van der Waals surface area contributed by atoms with E-state index in [-0.39, 0.29) is 15.8 Å². The van der Waals surface area contributed by atoms with Crippen molar-refractivity contribution in [2.45, 2.75) is 182 Å². The lowest BCUT2D eigenvalue weighted by atomic mass is 9.86. The maximum atomic E-state index is 11.9. The zero-order valence-corrected chi connectivity index (χ0v) is 39.2. The molecule has 0 aromatic carbocycles. The van der Waals surface area contributed by atoms with Crippen LogP contribution >= 0.6 is 15.8 Å². The molecular formula is C39H74O12P2S4. The highest BCUT2D eigenvalue weighted by atomic mass is 32.2. The fraction of sp³-hybridized carbons (Fsp3) is 1.00. The van der Waals surface area contributed by atoms with Gasteiger partial charge in [-0.15, -0.1) is 15.8 Å². The fourth-order valence-electron chi connectivity index (χ4n) is 10.7. The zero-order valence-electron chi connectivity index (χ0n) is 34.1. The highest BCUT2D eigenvalue weighted by Crippen LogP contribution is 2.46. The largest absolute Gasteiger partial charge is 0.285 e. The van der Waals surface area contributed by atoms with Gasteiger partial charge in [-0.05, 0) is 144 Å². The molecule has 8 atom stereocenters. The maximum absolute atomic E-state index is 11.9. The Balaban J connectivity index is 1.32. The molecule has 4 rings (SSSR count). The molecule has 336 valence electrons. The van der Waals surface area contributed by atoms with Gasteiger partial charge in [0.05, 0.1) is 21.0 Å². The smallest absolute Gasteiger partial charge is 0.267 e. The van der Waals surface area contributed by atoms with E-state index in [9.17, 15) is 51.9 Å². The van der Waals surface area contributed by atoms with Crippen molar-refractivity contribution in [3.05, 3.63) is 0 Å². The van der Waals surface area contributed by atoms with E-state index in [0.29, 0.717) is 75.0 Å². The van der Waals surface area contributed by atoms with Gasteiger partial charge in [0.25, 0.3) is 40.5 Å². The molecule has 0 heterocycles. The molecule has 0 spiro atoms. The maximum Gasteiger partial charge on any atom is 0.267 e. The van der Waals surface area contributed by atoms with E-state index in [1.165, 1.54) is 0 Å². The van der Waals surface area contributed by atoms with E-state index in [0.717, 1.165) is 146 Å². The number of hydrogen-bond acceptors (Lipinski definition) is 8. The quantitative estimate of drug-likeness (QED) is 0.0526. The summed E-state index contributed by atoms with van der Waals surface area (Å²) in [5.74, 6) is 1.24. The second kappa shape index (κ2) is 23.8. The Morgan fingerprint density at radius 3 is 0.754 bits per heavy atom. The van der Waals surface area contributed by atoms with Crippen LogP contribution in [-0.2, 0) is 40.5 Å². The SMILES string of the molecule is O=S(=O)(O)C1CCCC(CCCP(CCCC2CCCC(S(=O)(=O)O)C2)CCCP(CCCC2CCCC(S(=O)(=O)O)C2)CCCC2CCCC(S(=O)(=O)O)C2)C1. The summed E-state index contributed by atoms with van der Waals surface area (Å²) >= 11 is 0. The minimum atomic E-state index is -4.02. The minimum Gasteiger partial charge on any atom is -0.285 e. The van der Waals surface area contributed by atoms with Gasteiger partial charge in [0.2, 0.25) is 0 Å². The molecule has 0 aromatic rings. The lowest BCUT2D eigenvalue weighted by Crippen LogP contribution is -2.28. The summed E-state index contributed by atoms with van der Waals surface area (Å²) < 4.78 is 133. The van der Waals surface area contributed by atoms with Crippen molar-refractivity contribution in [1.29, 1.82) is 0 Å². The van der Waals surface area contributed by atoms with E-state index in [2.05, 4.69) is 0 Å². The monoisotopic (exact) mass is 924 g/mol. The molecule has 0 radical (unpaired) electrons. The summed E-state index contributed by atoms with van der Waals surface area (Å²) in [6.07, 6.45) is 27.5. The fourth-order valence-corrected chi connectivity index (χ4v) is 19.9. The molecule has 57 heavy (non-hydrogen) atoms. The summed E-state index contributed by atoms with van der Waals surface area (Å²) in [5.41, 5.74) is 0. The zero-order chi connectivity index (χ0) is 41.7. The van der Waals surface area contributed by atoms with E-state index in [1.807, 2.05) is 0 Å². The minimum absolute atomic E-state index is 0.277. The van der Waals surface area contributed by atoms with Crippen LogP contribution in [0.4, 0.5) is 0 Å². The van der Waals surface area contributed by atoms with Crippen molar-refractivity contribution in [3.63, 3.8) is 0 Å². The first-order chi connectivity index (χ1) is 26.8. The van der Waals surface area contributed by atoms with Crippen LogP contribution in [-0.4, -0.2) is 110 Å². The van der Waals surface area contributed by atoms with Crippen LogP contribution in [0.2, 0.25) is 0 Å². The summed E-state index contributed by atoms with van der Waals surface area (Å²) in [7, 11) is -16.6. The Morgan fingerprint density at radius 1 is 0.333 bits per heavy atom. The molecule has 0 aliphatic heterocycles. The van der Waals surface area contributed by atoms with Gasteiger partial charge in [-0.2, -0.15) is 33.7 Å². The molecule has 4 aliphatic rings. The van der Waals surface area contributed by atoms with Gasteiger partial charge in [-0.3, -0.25) is 18.2 Å².